The Morgan fingerprint density at radius 1 is 0.938 bits per heavy atom. The molecule has 0 aromatic heterocycles. The molecule has 5 nitrogen and oxygen atoms in total. The van der Waals surface area contributed by atoms with Crippen LogP contribution in [0.3, 0.4) is 0 Å². The van der Waals surface area contributed by atoms with Crippen molar-refractivity contribution in [3.05, 3.63) is 93.7 Å². The summed E-state index contributed by atoms with van der Waals surface area (Å²) in [5.74, 6) is -0.581. The van der Waals surface area contributed by atoms with E-state index >= 15 is 0 Å². The number of anilines is 2. The van der Waals surface area contributed by atoms with E-state index < -0.39 is 11.8 Å². The molecule has 0 saturated heterocycles. The summed E-state index contributed by atoms with van der Waals surface area (Å²) >= 11 is 12.0. The monoisotopic (exact) mass is 473 g/mol. The molecule has 8 heteroatoms. The molecule has 3 rings (SSSR count). The normalized spacial score (nSPS) is 10.5. The number of nitrogens with zero attached hydrogens (tertiary/aromatic N) is 1. The van der Waals surface area contributed by atoms with Crippen LogP contribution in [-0.2, 0) is 0 Å². The molecule has 0 radical (unpaired) electrons. The van der Waals surface area contributed by atoms with Gasteiger partial charge in [-0.2, -0.15) is 0 Å². The number of carbonyl (C=O) groups excluding carboxylic acids is 2. The SMILES string of the molecule is Cc1ccc(C(=O)NCCCN(C(=O)Nc2ccc(Cl)c(Cl)c2)c2ccc(F)cc2)cc1. The molecule has 3 amide bonds. The second kappa shape index (κ2) is 11.0. The van der Waals surface area contributed by atoms with Crippen LogP contribution in [-0.4, -0.2) is 25.0 Å². The van der Waals surface area contributed by atoms with Crippen molar-refractivity contribution in [1.82, 2.24) is 5.32 Å². The lowest BCUT2D eigenvalue weighted by Gasteiger charge is -2.23. The molecule has 0 aliphatic rings. The van der Waals surface area contributed by atoms with Gasteiger partial charge in [0.1, 0.15) is 5.82 Å². The van der Waals surface area contributed by atoms with E-state index in [1.165, 1.54) is 29.2 Å². The Kier molecular flexibility index (Phi) is 8.09. The van der Waals surface area contributed by atoms with Crippen LogP contribution < -0.4 is 15.5 Å². The fourth-order valence-electron chi connectivity index (χ4n) is 2.98. The Labute approximate surface area is 196 Å². The third-order valence-electron chi connectivity index (χ3n) is 4.71. The van der Waals surface area contributed by atoms with Gasteiger partial charge in [0, 0.05) is 30.0 Å². The van der Waals surface area contributed by atoms with Gasteiger partial charge in [-0.1, -0.05) is 40.9 Å². The number of halogens is 3. The van der Waals surface area contributed by atoms with E-state index in [1.807, 2.05) is 19.1 Å². The second-order valence-electron chi connectivity index (χ2n) is 7.16. The average molecular weight is 474 g/mol. The molecule has 3 aromatic rings. The zero-order chi connectivity index (χ0) is 23.1. The molecule has 0 unspecified atom stereocenters. The summed E-state index contributed by atoms with van der Waals surface area (Å²) in [6.07, 6.45) is 0.490. The molecule has 0 heterocycles. The first-order valence-corrected chi connectivity index (χ1v) is 10.7. The molecule has 2 N–H and O–H groups in total. The molecule has 166 valence electrons. The Morgan fingerprint density at radius 3 is 2.28 bits per heavy atom. The topological polar surface area (TPSA) is 61.4 Å². The van der Waals surface area contributed by atoms with Crippen molar-refractivity contribution in [2.45, 2.75) is 13.3 Å². The first kappa shape index (κ1) is 23.6. The van der Waals surface area contributed by atoms with E-state index in [9.17, 15) is 14.0 Å². The van der Waals surface area contributed by atoms with Crippen LogP contribution >= 0.6 is 23.2 Å². The predicted octanol–water partition coefficient (Wildman–Crippen LogP) is 6.30. The van der Waals surface area contributed by atoms with Crippen LogP contribution in [0.1, 0.15) is 22.3 Å². The van der Waals surface area contributed by atoms with Gasteiger partial charge in [0.25, 0.3) is 5.91 Å². The highest BCUT2D eigenvalue weighted by Crippen LogP contribution is 2.25. The number of amides is 3. The first-order chi connectivity index (χ1) is 15.3. The Hall–Kier alpha value is -3.09. The zero-order valence-electron chi connectivity index (χ0n) is 17.4. The molecule has 32 heavy (non-hydrogen) atoms. The number of nitrogens with one attached hydrogen (secondary N) is 2. The fourth-order valence-corrected chi connectivity index (χ4v) is 3.28. The number of urea groups is 1. The summed E-state index contributed by atoms with van der Waals surface area (Å²) in [5, 5.41) is 6.31. The van der Waals surface area contributed by atoms with Crippen LogP contribution in [0.15, 0.2) is 66.7 Å². The lowest BCUT2D eigenvalue weighted by Crippen LogP contribution is -2.37. The van der Waals surface area contributed by atoms with E-state index in [0.29, 0.717) is 46.5 Å². The molecule has 0 spiro atoms. The highest BCUT2D eigenvalue weighted by Gasteiger charge is 2.17. The maximum Gasteiger partial charge on any atom is 0.326 e. The zero-order valence-corrected chi connectivity index (χ0v) is 18.9. The lowest BCUT2D eigenvalue weighted by molar-refractivity contribution is 0.0953. The summed E-state index contributed by atoms with van der Waals surface area (Å²) in [6, 6.07) is 17.2. The maximum atomic E-state index is 13.4. The minimum Gasteiger partial charge on any atom is -0.352 e. The minimum absolute atomic E-state index is 0.182. The summed E-state index contributed by atoms with van der Waals surface area (Å²) in [6.45, 7) is 2.62. The molecular formula is C24H22Cl2FN3O2. The first-order valence-electron chi connectivity index (χ1n) is 9.97. The number of aryl methyl sites for hydroxylation is 1. The van der Waals surface area contributed by atoms with Gasteiger partial charge in [0.05, 0.1) is 10.0 Å². The Morgan fingerprint density at radius 2 is 1.62 bits per heavy atom. The largest absolute Gasteiger partial charge is 0.352 e. The van der Waals surface area contributed by atoms with E-state index in [-0.39, 0.29) is 5.91 Å². The molecule has 0 saturated carbocycles. The number of carbonyl (C=O) groups is 2. The van der Waals surface area contributed by atoms with Gasteiger partial charge in [0.15, 0.2) is 0 Å². The number of hydrogen-bond donors (Lipinski definition) is 2. The molecule has 0 fully saturated rings. The molecule has 0 bridgehead atoms. The average Bonchev–Trinajstić information content (AvgIpc) is 2.77. The van der Waals surface area contributed by atoms with Crippen molar-refractivity contribution < 1.29 is 14.0 Å². The molecule has 0 atom stereocenters. The summed E-state index contributed by atoms with van der Waals surface area (Å²) in [4.78, 5) is 26.7. The van der Waals surface area contributed by atoms with E-state index in [1.54, 1.807) is 30.3 Å². The third kappa shape index (κ3) is 6.45. The van der Waals surface area contributed by atoms with E-state index in [4.69, 9.17) is 23.2 Å². The minimum atomic E-state index is -0.417. The molecule has 3 aromatic carbocycles. The van der Waals surface area contributed by atoms with Crippen molar-refractivity contribution in [3.63, 3.8) is 0 Å². The third-order valence-corrected chi connectivity index (χ3v) is 5.45. The number of benzene rings is 3. The van der Waals surface area contributed by atoms with Gasteiger partial charge < -0.3 is 10.6 Å². The van der Waals surface area contributed by atoms with Crippen LogP contribution in [0.25, 0.3) is 0 Å². The molecule has 0 aliphatic carbocycles. The van der Waals surface area contributed by atoms with Gasteiger partial charge in [0.2, 0.25) is 0 Å². The van der Waals surface area contributed by atoms with E-state index in [0.717, 1.165) is 5.56 Å². The Balaban J connectivity index is 1.64. The van der Waals surface area contributed by atoms with Crippen LogP contribution in [0.4, 0.5) is 20.6 Å². The summed E-state index contributed by atoms with van der Waals surface area (Å²) in [5.41, 5.74) is 2.64. The van der Waals surface area contributed by atoms with Crippen molar-refractivity contribution in [2.24, 2.45) is 0 Å². The second-order valence-corrected chi connectivity index (χ2v) is 7.98. The summed E-state index contributed by atoms with van der Waals surface area (Å²) in [7, 11) is 0. The lowest BCUT2D eigenvalue weighted by atomic mass is 10.1. The van der Waals surface area contributed by atoms with Crippen molar-refractivity contribution >= 4 is 46.5 Å². The number of hydrogen-bond acceptors (Lipinski definition) is 2. The quantitative estimate of drug-likeness (QED) is 0.395. The smallest absolute Gasteiger partial charge is 0.326 e. The summed E-state index contributed by atoms with van der Waals surface area (Å²) < 4.78 is 13.4. The van der Waals surface area contributed by atoms with E-state index in [2.05, 4.69) is 10.6 Å². The fraction of sp³-hybridized carbons (Fsp3) is 0.167. The molecular weight excluding hydrogens is 452 g/mol. The van der Waals surface area contributed by atoms with Crippen LogP contribution in [0, 0.1) is 12.7 Å². The predicted molar refractivity (Wildman–Crippen MR) is 127 cm³/mol. The van der Waals surface area contributed by atoms with Crippen molar-refractivity contribution in [1.29, 1.82) is 0 Å². The maximum absolute atomic E-state index is 13.4. The van der Waals surface area contributed by atoms with Gasteiger partial charge in [-0.25, -0.2) is 9.18 Å². The van der Waals surface area contributed by atoms with Gasteiger partial charge in [-0.05, 0) is 67.9 Å². The standard InChI is InChI=1S/C24H22Cl2FN3O2/c1-16-3-5-17(6-4-16)23(31)28-13-2-14-30(20-10-7-18(27)8-11-20)24(32)29-19-9-12-21(25)22(26)15-19/h3-12,15H,2,13-14H2,1H3,(H,28,31)(H,29,32). The molecule has 0 aliphatic heterocycles. The highest BCUT2D eigenvalue weighted by atomic mass is 35.5. The number of rotatable bonds is 7. The van der Waals surface area contributed by atoms with Gasteiger partial charge in [-0.3, -0.25) is 9.69 Å². The van der Waals surface area contributed by atoms with Crippen LogP contribution in [0.2, 0.25) is 10.0 Å². The van der Waals surface area contributed by atoms with Gasteiger partial charge in [-0.15, -0.1) is 0 Å². The Bertz CT molecular complexity index is 1090. The highest BCUT2D eigenvalue weighted by molar-refractivity contribution is 6.42. The van der Waals surface area contributed by atoms with Crippen LogP contribution in [0.5, 0.6) is 0 Å². The van der Waals surface area contributed by atoms with Gasteiger partial charge >= 0.3 is 6.03 Å². The van der Waals surface area contributed by atoms with Crippen molar-refractivity contribution in [2.75, 3.05) is 23.3 Å². The van der Waals surface area contributed by atoms with Crippen molar-refractivity contribution in [3.8, 4) is 0 Å².